The summed E-state index contributed by atoms with van der Waals surface area (Å²) in [6.45, 7) is 0. The normalized spacial score (nSPS) is 11.8. The van der Waals surface area contributed by atoms with E-state index in [1.54, 1.807) is 11.3 Å². The van der Waals surface area contributed by atoms with Gasteiger partial charge in [-0.2, -0.15) is 0 Å². The van der Waals surface area contributed by atoms with Crippen LogP contribution in [-0.2, 0) is 0 Å². The van der Waals surface area contributed by atoms with Crippen molar-refractivity contribution in [2.24, 2.45) is 0 Å². The maximum Gasteiger partial charge on any atom is 0.160 e. The van der Waals surface area contributed by atoms with Crippen LogP contribution in [0.25, 0.3) is 115 Å². The molecule has 3 heterocycles. The van der Waals surface area contributed by atoms with Crippen molar-refractivity contribution in [2.75, 3.05) is 0 Å². The molecule has 12 rings (SSSR count). The minimum absolute atomic E-state index is 0.687. The first kappa shape index (κ1) is 32.7. The van der Waals surface area contributed by atoms with Crippen LogP contribution in [0.2, 0.25) is 0 Å². The fraction of sp³-hybridized carbons (Fsp3) is 0. The van der Waals surface area contributed by atoms with Gasteiger partial charge < -0.3 is 4.57 Å². The van der Waals surface area contributed by atoms with Crippen molar-refractivity contribution < 1.29 is 0 Å². The molecule has 0 N–H and O–H groups in total. The first-order chi connectivity index (χ1) is 28.7. The van der Waals surface area contributed by atoms with Gasteiger partial charge in [0.25, 0.3) is 0 Å². The Morgan fingerprint density at radius 1 is 0.379 bits per heavy atom. The zero-order chi connectivity index (χ0) is 38.2. The van der Waals surface area contributed by atoms with E-state index in [2.05, 4.69) is 187 Å². The van der Waals surface area contributed by atoms with E-state index in [9.17, 15) is 0 Å². The minimum atomic E-state index is 0.687. The Morgan fingerprint density at radius 2 is 1.00 bits per heavy atom. The Hall–Kier alpha value is -7.47. The quantitative estimate of drug-likeness (QED) is 0.164. The number of hydrogen-bond donors (Lipinski definition) is 0. The molecule has 0 radical (unpaired) electrons. The van der Waals surface area contributed by atoms with Crippen LogP contribution in [0, 0.1) is 0 Å². The van der Waals surface area contributed by atoms with Crippen molar-refractivity contribution in [2.45, 2.75) is 0 Å². The van der Waals surface area contributed by atoms with Crippen molar-refractivity contribution >= 4 is 75.7 Å². The van der Waals surface area contributed by atoms with Crippen molar-refractivity contribution in [3.8, 4) is 50.2 Å². The lowest BCUT2D eigenvalue weighted by Gasteiger charge is -2.12. The molecule has 0 aliphatic rings. The lowest BCUT2D eigenvalue weighted by molar-refractivity contribution is 1.17. The molecule has 58 heavy (non-hydrogen) atoms. The predicted octanol–water partition coefficient (Wildman–Crippen LogP) is 14.3. The molecule has 4 nitrogen and oxygen atoms in total. The number of thiazole rings is 1. The van der Waals surface area contributed by atoms with Crippen molar-refractivity contribution in [3.63, 3.8) is 0 Å². The van der Waals surface area contributed by atoms with Gasteiger partial charge in [-0.15, -0.1) is 11.3 Å². The molecule has 3 aromatic heterocycles. The van der Waals surface area contributed by atoms with Crippen LogP contribution in [0.5, 0.6) is 0 Å². The maximum atomic E-state index is 5.33. The Morgan fingerprint density at radius 3 is 1.79 bits per heavy atom. The average Bonchev–Trinajstić information content (AvgIpc) is 3.88. The summed E-state index contributed by atoms with van der Waals surface area (Å²) in [5.74, 6) is 0.687. The number of para-hydroxylation sites is 1. The van der Waals surface area contributed by atoms with E-state index in [0.29, 0.717) is 5.82 Å². The summed E-state index contributed by atoms with van der Waals surface area (Å²) < 4.78 is 3.57. The van der Waals surface area contributed by atoms with Crippen LogP contribution in [0.4, 0.5) is 0 Å². The van der Waals surface area contributed by atoms with Crippen LogP contribution in [-0.4, -0.2) is 19.5 Å². The topological polar surface area (TPSA) is 43.6 Å². The van der Waals surface area contributed by atoms with Crippen molar-refractivity contribution in [1.82, 2.24) is 19.5 Å². The molecule has 0 unspecified atom stereocenters. The van der Waals surface area contributed by atoms with E-state index < -0.39 is 0 Å². The summed E-state index contributed by atoms with van der Waals surface area (Å²) in [4.78, 5) is 15.8. The van der Waals surface area contributed by atoms with Gasteiger partial charge in [-0.25, -0.2) is 15.0 Å². The highest BCUT2D eigenvalue weighted by molar-refractivity contribution is 7.21. The van der Waals surface area contributed by atoms with E-state index in [1.165, 1.54) is 47.9 Å². The minimum Gasteiger partial charge on any atom is -0.309 e. The number of benzene rings is 9. The molecule has 0 spiro atoms. The molecule has 0 amide bonds. The highest BCUT2D eigenvalue weighted by Crippen LogP contribution is 2.40. The molecule has 0 aliphatic heterocycles. The first-order valence-electron chi connectivity index (χ1n) is 19.5. The molecular formula is C53H32N4S. The zero-order valence-corrected chi connectivity index (χ0v) is 32.0. The number of rotatable bonds is 5. The van der Waals surface area contributed by atoms with E-state index in [4.69, 9.17) is 15.0 Å². The number of fused-ring (bicyclic) bond motifs is 9. The molecule has 0 bridgehead atoms. The van der Waals surface area contributed by atoms with E-state index >= 15 is 0 Å². The molecule has 5 heteroatoms. The van der Waals surface area contributed by atoms with Gasteiger partial charge in [-0.1, -0.05) is 146 Å². The number of hydrogen-bond acceptors (Lipinski definition) is 4. The van der Waals surface area contributed by atoms with Gasteiger partial charge in [0.1, 0.15) is 5.01 Å². The second-order valence-corrected chi connectivity index (χ2v) is 15.9. The van der Waals surface area contributed by atoms with Gasteiger partial charge >= 0.3 is 0 Å². The lowest BCUT2D eigenvalue weighted by Crippen LogP contribution is -1.97. The van der Waals surface area contributed by atoms with Gasteiger partial charge in [0.15, 0.2) is 5.82 Å². The molecule has 0 fully saturated rings. The van der Waals surface area contributed by atoms with E-state index in [0.717, 1.165) is 60.8 Å². The number of nitrogens with zero attached hydrogens (tertiary/aromatic N) is 4. The Kier molecular flexibility index (Phi) is 7.37. The Bertz CT molecular complexity index is 3550. The summed E-state index contributed by atoms with van der Waals surface area (Å²) in [5, 5.41) is 10.6. The first-order valence-corrected chi connectivity index (χ1v) is 20.3. The summed E-state index contributed by atoms with van der Waals surface area (Å²) >= 11 is 1.74. The third kappa shape index (κ3) is 5.32. The molecule has 0 saturated heterocycles. The molecule has 9 aromatic carbocycles. The predicted molar refractivity (Wildman–Crippen MR) is 244 cm³/mol. The van der Waals surface area contributed by atoms with Gasteiger partial charge in [0, 0.05) is 44.1 Å². The molecule has 0 saturated carbocycles. The second-order valence-electron chi connectivity index (χ2n) is 14.8. The molecule has 12 aromatic rings. The summed E-state index contributed by atoms with van der Waals surface area (Å²) in [7, 11) is 0. The number of aromatic nitrogens is 4. The zero-order valence-electron chi connectivity index (χ0n) is 31.2. The van der Waals surface area contributed by atoms with Gasteiger partial charge in [0.05, 0.1) is 32.6 Å². The van der Waals surface area contributed by atoms with E-state index in [-0.39, 0.29) is 0 Å². The molecule has 270 valence electrons. The standard InChI is InChI=1S/C53H32N4S/c1-4-12-33(13-5-1)45-32-46(39-22-26-43-44-29-36-16-10-11-17-37(36)30-48(44)57(47(43)31-39)41-18-8-3-9-19-41)55-52(54-45)40-23-25-42-38(28-40)21-20-34-24-27-49-51(50(34)42)56-53(58-49)35-14-6-2-7-15-35/h1-32H. The highest BCUT2D eigenvalue weighted by atomic mass is 32.1. The van der Waals surface area contributed by atoms with Crippen LogP contribution < -0.4 is 0 Å². The van der Waals surface area contributed by atoms with Crippen LogP contribution in [0.15, 0.2) is 194 Å². The third-order valence-corrected chi connectivity index (χ3v) is 12.4. The molecule has 0 aliphatic carbocycles. The SMILES string of the molecule is c1ccc(-c2cc(-c3ccc4c5cc6ccccc6cc5n(-c5ccccc5)c4c3)nc(-c3ccc4c(ccc5ccc6sc(-c7ccccc7)nc6c54)c3)n2)cc1. The Balaban J connectivity index is 1.05. The fourth-order valence-corrected chi connectivity index (χ4v) is 9.56. The van der Waals surface area contributed by atoms with Crippen LogP contribution in [0.3, 0.4) is 0 Å². The molecule has 0 atom stereocenters. The smallest absolute Gasteiger partial charge is 0.160 e. The summed E-state index contributed by atoms with van der Waals surface area (Å²) in [5.41, 5.74) is 10.4. The van der Waals surface area contributed by atoms with Gasteiger partial charge in [-0.3, -0.25) is 0 Å². The van der Waals surface area contributed by atoms with Gasteiger partial charge in [-0.05, 0) is 75.5 Å². The summed E-state index contributed by atoms with van der Waals surface area (Å²) in [6, 6.07) is 69.1. The van der Waals surface area contributed by atoms with Crippen molar-refractivity contribution in [3.05, 3.63) is 194 Å². The summed E-state index contributed by atoms with van der Waals surface area (Å²) in [6.07, 6.45) is 0. The largest absolute Gasteiger partial charge is 0.309 e. The van der Waals surface area contributed by atoms with Crippen LogP contribution in [0.1, 0.15) is 0 Å². The lowest BCUT2D eigenvalue weighted by atomic mass is 9.99. The monoisotopic (exact) mass is 756 g/mol. The maximum absolute atomic E-state index is 5.33. The third-order valence-electron chi connectivity index (χ3n) is 11.4. The van der Waals surface area contributed by atoms with Crippen molar-refractivity contribution in [1.29, 1.82) is 0 Å². The highest BCUT2D eigenvalue weighted by Gasteiger charge is 2.18. The van der Waals surface area contributed by atoms with Crippen LogP contribution >= 0.6 is 11.3 Å². The average molecular weight is 757 g/mol. The molecular weight excluding hydrogens is 725 g/mol. The Labute approximate surface area is 338 Å². The van der Waals surface area contributed by atoms with Gasteiger partial charge in [0.2, 0.25) is 0 Å². The fourth-order valence-electron chi connectivity index (χ4n) is 8.58. The van der Waals surface area contributed by atoms with E-state index in [1.807, 2.05) is 12.1 Å². The second kappa shape index (κ2) is 13.1.